The van der Waals surface area contributed by atoms with Crippen LogP contribution in [0.3, 0.4) is 0 Å². The van der Waals surface area contributed by atoms with E-state index in [9.17, 15) is 9.59 Å². The predicted molar refractivity (Wildman–Crippen MR) is 114 cm³/mol. The number of carbonyl (C=O) groups is 2. The van der Waals surface area contributed by atoms with Crippen molar-refractivity contribution < 1.29 is 9.59 Å². The summed E-state index contributed by atoms with van der Waals surface area (Å²) in [4.78, 5) is 27.1. The van der Waals surface area contributed by atoms with E-state index in [1.54, 1.807) is 6.07 Å². The molecule has 1 atom stereocenters. The van der Waals surface area contributed by atoms with E-state index in [0.29, 0.717) is 11.3 Å². The van der Waals surface area contributed by atoms with Gasteiger partial charge >= 0.3 is 0 Å². The van der Waals surface area contributed by atoms with Crippen LogP contribution in [0.1, 0.15) is 38.7 Å². The van der Waals surface area contributed by atoms with E-state index < -0.39 is 0 Å². The average molecular weight is 382 g/mol. The van der Waals surface area contributed by atoms with E-state index in [1.165, 1.54) is 4.90 Å². The molecule has 3 aromatic rings. The van der Waals surface area contributed by atoms with Crippen molar-refractivity contribution in [1.82, 2.24) is 10.2 Å². The molecule has 1 N–H and O–H groups in total. The molecule has 0 radical (unpaired) electrons. The van der Waals surface area contributed by atoms with Crippen molar-refractivity contribution in [3.05, 3.63) is 113 Å². The van der Waals surface area contributed by atoms with Gasteiger partial charge in [-0.05, 0) is 24.1 Å². The van der Waals surface area contributed by atoms with E-state index >= 15 is 0 Å². The van der Waals surface area contributed by atoms with Crippen LogP contribution in [0, 0.1) is 6.92 Å². The van der Waals surface area contributed by atoms with Gasteiger partial charge in [-0.25, -0.2) is 0 Å². The molecule has 1 heterocycles. The van der Waals surface area contributed by atoms with Crippen molar-refractivity contribution in [3.63, 3.8) is 0 Å². The second kappa shape index (κ2) is 7.76. The number of hydrogen-bond donors (Lipinski definition) is 1. The van der Waals surface area contributed by atoms with Crippen molar-refractivity contribution in [2.75, 3.05) is 6.54 Å². The molecular formula is C25H22N2O2. The van der Waals surface area contributed by atoms with E-state index in [1.807, 2.05) is 79.7 Å². The average Bonchev–Trinajstić information content (AvgIpc) is 2.98. The van der Waals surface area contributed by atoms with Gasteiger partial charge in [-0.15, -0.1) is 0 Å². The zero-order valence-corrected chi connectivity index (χ0v) is 16.3. The Morgan fingerprint density at radius 1 is 0.897 bits per heavy atom. The van der Waals surface area contributed by atoms with Crippen LogP contribution in [-0.4, -0.2) is 23.3 Å². The van der Waals surface area contributed by atoms with Crippen LogP contribution in [0.25, 0.3) is 5.70 Å². The number of hydrogen-bond acceptors (Lipinski definition) is 2. The molecule has 1 aliphatic heterocycles. The SMILES string of the molecule is C=C1c2ccccc2C(=O)N1CC(=O)NC(c1ccccc1)c1ccc(C)cc1. The molecule has 4 rings (SSSR count). The summed E-state index contributed by atoms with van der Waals surface area (Å²) in [6.07, 6.45) is 0. The fourth-order valence-corrected chi connectivity index (χ4v) is 3.62. The van der Waals surface area contributed by atoms with Gasteiger partial charge in [0.15, 0.2) is 0 Å². The maximum Gasteiger partial charge on any atom is 0.259 e. The lowest BCUT2D eigenvalue weighted by molar-refractivity contribution is -0.121. The largest absolute Gasteiger partial charge is 0.344 e. The van der Waals surface area contributed by atoms with Crippen molar-refractivity contribution in [2.45, 2.75) is 13.0 Å². The van der Waals surface area contributed by atoms with Crippen LogP contribution in [0.4, 0.5) is 0 Å². The van der Waals surface area contributed by atoms with Crippen LogP contribution in [0.15, 0.2) is 85.4 Å². The summed E-state index contributed by atoms with van der Waals surface area (Å²) in [7, 11) is 0. The number of nitrogens with zero attached hydrogens (tertiary/aromatic N) is 1. The highest BCUT2D eigenvalue weighted by Gasteiger charge is 2.32. The quantitative estimate of drug-likeness (QED) is 0.714. The summed E-state index contributed by atoms with van der Waals surface area (Å²) in [6.45, 7) is 5.97. The smallest absolute Gasteiger partial charge is 0.259 e. The van der Waals surface area contributed by atoms with Gasteiger partial charge in [0.1, 0.15) is 6.54 Å². The Morgan fingerprint density at radius 2 is 1.48 bits per heavy atom. The first kappa shape index (κ1) is 18.7. The molecule has 1 unspecified atom stereocenters. The summed E-state index contributed by atoms with van der Waals surface area (Å²) >= 11 is 0. The highest BCUT2D eigenvalue weighted by molar-refractivity contribution is 6.10. The summed E-state index contributed by atoms with van der Waals surface area (Å²) in [5, 5.41) is 3.09. The van der Waals surface area contributed by atoms with Crippen molar-refractivity contribution >= 4 is 17.5 Å². The fourth-order valence-electron chi connectivity index (χ4n) is 3.62. The van der Waals surface area contributed by atoms with E-state index in [-0.39, 0.29) is 24.4 Å². The zero-order valence-electron chi connectivity index (χ0n) is 16.3. The van der Waals surface area contributed by atoms with Gasteiger partial charge in [0.05, 0.1) is 6.04 Å². The maximum absolute atomic E-state index is 12.9. The van der Waals surface area contributed by atoms with Crippen LogP contribution < -0.4 is 5.32 Å². The van der Waals surface area contributed by atoms with Gasteiger partial charge in [0.25, 0.3) is 5.91 Å². The summed E-state index contributed by atoms with van der Waals surface area (Å²) < 4.78 is 0. The number of benzene rings is 3. The lowest BCUT2D eigenvalue weighted by Crippen LogP contribution is -2.39. The number of rotatable bonds is 5. The second-order valence-corrected chi connectivity index (χ2v) is 7.21. The number of carbonyl (C=O) groups excluding carboxylic acids is 2. The molecule has 1 aliphatic rings. The third-order valence-corrected chi connectivity index (χ3v) is 5.19. The van der Waals surface area contributed by atoms with Crippen LogP contribution in [-0.2, 0) is 4.79 Å². The Labute approximate surface area is 170 Å². The van der Waals surface area contributed by atoms with E-state index in [2.05, 4.69) is 11.9 Å². The van der Waals surface area contributed by atoms with Crippen molar-refractivity contribution in [3.8, 4) is 0 Å². The van der Waals surface area contributed by atoms with Crippen molar-refractivity contribution in [1.29, 1.82) is 0 Å². The topological polar surface area (TPSA) is 49.4 Å². The number of nitrogens with one attached hydrogen (secondary N) is 1. The monoisotopic (exact) mass is 382 g/mol. The first-order valence-electron chi connectivity index (χ1n) is 9.55. The summed E-state index contributed by atoms with van der Waals surface area (Å²) in [5.74, 6) is -0.422. The fraction of sp³-hybridized carbons (Fsp3) is 0.120. The minimum absolute atomic E-state index is 0.0679. The first-order chi connectivity index (χ1) is 14.0. The Kier molecular flexibility index (Phi) is 5.00. The van der Waals surface area contributed by atoms with Gasteiger partial charge in [0, 0.05) is 16.8 Å². The Hall–Kier alpha value is -3.66. The number of aryl methyl sites for hydroxylation is 1. The Bertz CT molecular complexity index is 1040. The highest BCUT2D eigenvalue weighted by atomic mass is 16.2. The summed E-state index contributed by atoms with van der Waals surface area (Å²) in [5.41, 5.74) is 5.06. The molecule has 2 amide bonds. The molecule has 0 fully saturated rings. The minimum atomic E-state index is -0.294. The second-order valence-electron chi connectivity index (χ2n) is 7.21. The molecule has 4 heteroatoms. The van der Waals surface area contributed by atoms with Crippen LogP contribution in [0.5, 0.6) is 0 Å². The molecular weight excluding hydrogens is 360 g/mol. The molecule has 0 bridgehead atoms. The van der Waals surface area contributed by atoms with Crippen LogP contribution in [0.2, 0.25) is 0 Å². The molecule has 144 valence electrons. The van der Waals surface area contributed by atoms with Crippen LogP contribution >= 0.6 is 0 Å². The number of fused-ring (bicyclic) bond motifs is 1. The standard InChI is InChI=1S/C25H22N2O2/c1-17-12-14-20(15-13-17)24(19-8-4-3-5-9-19)26-23(28)16-27-18(2)21-10-6-7-11-22(21)25(27)29/h3-15,24H,2,16H2,1H3,(H,26,28). The lowest BCUT2D eigenvalue weighted by atomic mass is 9.98. The molecule has 0 saturated carbocycles. The third-order valence-electron chi connectivity index (χ3n) is 5.19. The number of amides is 2. The first-order valence-corrected chi connectivity index (χ1v) is 9.55. The van der Waals surface area contributed by atoms with Gasteiger partial charge in [-0.3, -0.25) is 14.5 Å². The van der Waals surface area contributed by atoms with E-state index in [0.717, 1.165) is 22.3 Å². The normalized spacial score (nSPS) is 13.9. The molecule has 4 nitrogen and oxygen atoms in total. The molecule has 0 saturated heterocycles. The predicted octanol–water partition coefficient (Wildman–Crippen LogP) is 4.33. The lowest BCUT2D eigenvalue weighted by Gasteiger charge is -2.23. The zero-order chi connectivity index (χ0) is 20.4. The third kappa shape index (κ3) is 3.69. The molecule has 29 heavy (non-hydrogen) atoms. The summed E-state index contributed by atoms with van der Waals surface area (Å²) in [6, 6.07) is 24.9. The van der Waals surface area contributed by atoms with E-state index in [4.69, 9.17) is 0 Å². The van der Waals surface area contributed by atoms with Gasteiger partial charge in [-0.1, -0.05) is 84.9 Å². The Balaban J connectivity index is 1.56. The Morgan fingerprint density at radius 3 is 2.14 bits per heavy atom. The van der Waals surface area contributed by atoms with Gasteiger partial charge in [0.2, 0.25) is 5.91 Å². The molecule has 0 aromatic heterocycles. The van der Waals surface area contributed by atoms with Gasteiger partial charge in [-0.2, -0.15) is 0 Å². The molecule has 0 aliphatic carbocycles. The molecule has 0 spiro atoms. The maximum atomic E-state index is 12.9. The molecule has 3 aromatic carbocycles. The van der Waals surface area contributed by atoms with Crippen molar-refractivity contribution in [2.24, 2.45) is 0 Å². The highest BCUT2D eigenvalue weighted by Crippen LogP contribution is 2.31. The minimum Gasteiger partial charge on any atom is -0.344 e. The van der Waals surface area contributed by atoms with Gasteiger partial charge < -0.3 is 5.32 Å².